The van der Waals surface area contributed by atoms with E-state index < -0.39 is 35.8 Å². The Bertz CT molecular complexity index is 1970. The number of benzene rings is 3. The summed E-state index contributed by atoms with van der Waals surface area (Å²) in [7, 11) is 0. The Morgan fingerprint density at radius 3 is 2.50 bits per heavy atom. The lowest BCUT2D eigenvalue weighted by atomic mass is 9.77. The van der Waals surface area contributed by atoms with Crippen LogP contribution in [-0.4, -0.2) is 57.3 Å². The van der Waals surface area contributed by atoms with Gasteiger partial charge in [0.1, 0.15) is 23.7 Å². The number of halogens is 3. The number of anilines is 2. The Kier molecular flexibility index (Phi) is 5.71. The second-order valence-corrected chi connectivity index (χ2v) is 13.4. The summed E-state index contributed by atoms with van der Waals surface area (Å²) in [5, 5.41) is 1.55. The molecule has 2 saturated carbocycles. The predicted octanol–water partition coefficient (Wildman–Crippen LogP) is 6.04. The molecular formula is C36H30F3N4O3+. The number of quaternary nitrogens is 1. The molecule has 3 aromatic carbocycles. The maximum atomic E-state index is 15.1. The lowest BCUT2D eigenvalue weighted by Crippen LogP contribution is -2.60. The highest BCUT2D eigenvalue weighted by Crippen LogP contribution is 2.70. The summed E-state index contributed by atoms with van der Waals surface area (Å²) in [6.07, 6.45) is 1.86. The molecule has 4 heterocycles. The van der Waals surface area contributed by atoms with E-state index in [1.54, 1.807) is 12.3 Å². The number of nitrogens with zero attached hydrogens (tertiary/aromatic N) is 4. The van der Waals surface area contributed by atoms with Crippen molar-refractivity contribution in [3.63, 3.8) is 0 Å². The standard InChI is InChI=1S/C36H30F3N4O3/c37-21-7-5-8-22(16-21)41(34(45)28-12-13-30(44)42(28)33-24-9-2-1-6-20(24)14-15-40-33)31-26-11-4-3-10-25(26)27-17-29-32(27)43(29,35(31)46)23-18-36(38,39)19-23/h1-11,14-16,23,27-29,31-32H,12-13,17-19H2/q+1. The summed E-state index contributed by atoms with van der Waals surface area (Å²) in [6.45, 7) is 0. The lowest BCUT2D eigenvalue weighted by Gasteiger charge is -2.42. The predicted molar refractivity (Wildman–Crippen MR) is 163 cm³/mol. The van der Waals surface area contributed by atoms with Crippen LogP contribution in [0.3, 0.4) is 0 Å². The van der Waals surface area contributed by atoms with Crippen LogP contribution in [0.2, 0.25) is 0 Å². The van der Waals surface area contributed by atoms with Crippen LogP contribution in [0.5, 0.6) is 0 Å². The maximum absolute atomic E-state index is 15.1. The molecule has 232 valence electrons. The fourth-order valence-corrected chi connectivity index (χ4v) is 9.14. The summed E-state index contributed by atoms with van der Waals surface area (Å²) in [4.78, 5) is 51.0. The second-order valence-electron chi connectivity index (χ2n) is 13.4. The molecule has 0 radical (unpaired) electrons. The van der Waals surface area contributed by atoms with E-state index in [1.807, 2.05) is 54.6 Å². The van der Waals surface area contributed by atoms with E-state index in [2.05, 4.69) is 4.98 Å². The van der Waals surface area contributed by atoms with Crippen LogP contribution in [0, 0.1) is 5.82 Å². The topological polar surface area (TPSA) is 70.6 Å². The number of aromatic nitrogens is 1. The van der Waals surface area contributed by atoms with E-state index >= 15 is 9.59 Å². The van der Waals surface area contributed by atoms with Gasteiger partial charge in [-0.15, -0.1) is 0 Å². The number of carbonyl (C=O) groups excluding carboxylic acids is 3. The van der Waals surface area contributed by atoms with Gasteiger partial charge in [-0.2, -0.15) is 0 Å². The normalized spacial score (nSPS) is 30.6. The van der Waals surface area contributed by atoms with Gasteiger partial charge in [0.2, 0.25) is 5.91 Å². The van der Waals surface area contributed by atoms with E-state index in [4.69, 9.17) is 0 Å². The van der Waals surface area contributed by atoms with Crippen molar-refractivity contribution in [3.05, 3.63) is 102 Å². The van der Waals surface area contributed by atoms with Gasteiger partial charge in [0.05, 0.1) is 12.8 Å². The Balaban J connectivity index is 1.21. The van der Waals surface area contributed by atoms with Gasteiger partial charge in [0, 0.05) is 36.0 Å². The van der Waals surface area contributed by atoms with Crippen LogP contribution < -0.4 is 9.80 Å². The van der Waals surface area contributed by atoms with Crippen molar-refractivity contribution in [1.29, 1.82) is 0 Å². The first-order chi connectivity index (χ1) is 22.2. The van der Waals surface area contributed by atoms with Gasteiger partial charge in [-0.25, -0.2) is 27.4 Å². The Morgan fingerprint density at radius 2 is 1.72 bits per heavy atom. The van der Waals surface area contributed by atoms with Gasteiger partial charge in [-0.3, -0.25) is 19.4 Å². The van der Waals surface area contributed by atoms with Crippen molar-refractivity contribution in [1.82, 2.24) is 4.98 Å². The van der Waals surface area contributed by atoms with E-state index in [-0.39, 0.29) is 65.7 Å². The zero-order valence-corrected chi connectivity index (χ0v) is 24.7. The second kappa shape index (κ2) is 9.48. The van der Waals surface area contributed by atoms with Gasteiger partial charge in [0.15, 0.2) is 18.1 Å². The fourth-order valence-electron chi connectivity index (χ4n) is 9.14. The Labute approximate surface area is 262 Å². The highest BCUT2D eigenvalue weighted by atomic mass is 19.3. The molecule has 3 amide bonds. The highest BCUT2D eigenvalue weighted by molar-refractivity contribution is 6.13. The van der Waals surface area contributed by atoms with E-state index in [9.17, 15) is 18.0 Å². The number of amides is 3. The highest BCUT2D eigenvalue weighted by Gasteiger charge is 2.87. The third-order valence-electron chi connectivity index (χ3n) is 11.2. The van der Waals surface area contributed by atoms with Gasteiger partial charge in [-0.05, 0) is 47.2 Å². The molecule has 4 aromatic rings. The van der Waals surface area contributed by atoms with Gasteiger partial charge >= 0.3 is 5.91 Å². The zero-order valence-electron chi connectivity index (χ0n) is 24.7. The number of fused-ring (bicyclic) bond motifs is 4. The third-order valence-corrected chi connectivity index (χ3v) is 11.2. The Hall–Kier alpha value is -4.57. The number of carbonyl (C=O) groups is 3. The minimum absolute atomic E-state index is 0.0123. The molecule has 3 aliphatic heterocycles. The van der Waals surface area contributed by atoms with E-state index in [0.29, 0.717) is 16.8 Å². The van der Waals surface area contributed by atoms with Gasteiger partial charge in [-0.1, -0.05) is 54.6 Å². The van der Waals surface area contributed by atoms with Crippen LogP contribution in [0.4, 0.5) is 24.7 Å². The molecule has 46 heavy (non-hydrogen) atoms. The minimum Gasteiger partial charge on any atom is -0.290 e. The van der Waals surface area contributed by atoms with Crippen LogP contribution in [-0.2, 0) is 14.4 Å². The largest absolute Gasteiger partial charge is 0.342 e. The first kappa shape index (κ1) is 27.7. The smallest absolute Gasteiger partial charge is 0.290 e. The zero-order chi connectivity index (χ0) is 31.5. The quantitative estimate of drug-likeness (QED) is 0.201. The van der Waals surface area contributed by atoms with Gasteiger partial charge < -0.3 is 0 Å². The molecule has 0 bridgehead atoms. The summed E-state index contributed by atoms with van der Waals surface area (Å²) >= 11 is 0. The first-order valence-corrected chi connectivity index (χ1v) is 15.8. The molecule has 7 nitrogen and oxygen atoms in total. The molecular weight excluding hydrogens is 593 g/mol. The summed E-state index contributed by atoms with van der Waals surface area (Å²) in [6, 6.07) is 19.4. The summed E-state index contributed by atoms with van der Waals surface area (Å²) < 4.78 is 43.5. The SMILES string of the molecule is O=C1CCC(C(=O)N(c2cccc(F)c2)C2C(=O)[N+]3(C4CC(F)(F)C4)C4CC(c5ccccc52)C43)N1c1nccc2ccccc12. The van der Waals surface area contributed by atoms with Crippen molar-refractivity contribution in [3.8, 4) is 0 Å². The van der Waals surface area contributed by atoms with Crippen molar-refractivity contribution in [2.24, 2.45) is 0 Å². The number of pyridine rings is 1. The van der Waals surface area contributed by atoms with E-state index in [0.717, 1.165) is 17.4 Å². The number of hydrogen-bond acceptors (Lipinski definition) is 4. The number of alkyl halides is 2. The first-order valence-electron chi connectivity index (χ1n) is 15.8. The molecule has 0 N–H and O–H groups in total. The molecule has 6 unspecified atom stereocenters. The van der Waals surface area contributed by atoms with Crippen LogP contribution in [0.1, 0.15) is 55.2 Å². The molecule has 6 atom stereocenters. The van der Waals surface area contributed by atoms with Crippen molar-refractivity contribution in [2.75, 3.05) is 9.80 Å². The molecule has 4 fully saturated rings. The molecule has 5 aliphatic rings. The van der Waals surface area contributed by atoms with Crippen LogP contribution >= 0.6 is 0 Å². The molecule has 2 saturated heterocycles. The average molecular weight is 624 g/mol. The van der Waals surface area contributed by atoms with Crippen molar-refractivity contribution < 1.29 is 32.0 Å². The number of hydrogen-bond donors (Lipinski definition) is 0. The minimum atomic E-state index is -2.82. The molecule has 2 aliphatic carbocycles. The van der Waals surface area contributed by atoms with Crippen LogP contribution in [0.25, 0.3) is 10.8 Å². The molecule has 10 heteroatoms. The monoisotopic (exact) mass is 623 g/mol. The third kappa shape index (κ3) is 3.64. The van der Waals surface area contributed by atoms with Gasteiger partial charge in [0.25, 0.3) is 11.8 Å². The molecule has 9 rings (SSSR count). The summed E-state index contributed by atoms with van der Waals surface area (Å²) in [5.41, 5.74) is 1.73. The molecule has 0 spiro atoms. The summed E-state index contributed by atoms with van der Waals surface area (Å²) in [5.74, 6) is -4.17. The van der Waals surface area contributed by atoms with Crippen molar-refractivity contribution in [2.45, 2.75) is 74.2 Å². The number of rotatable bonds is 5. The lowest BCUT2D eigenvalue weighted by molar-refractivity contribution is -0.784. The van der Waals surface area contributed by atoms with E-state index in [1.165, 1.54) is 28.0 Å². The molecule has 1 aromatic heterocycles. The average Bonchev–Trinajstić information content (AvgIpc) is 3.36. The Morgan fingerprint density at radius 1 is 0.957 bits per heavy atom. The van der Waals surface area contributed by atoms with Crippen molar-refractivity contribution >= 4 is 40.0 Å². The maximum Gasteiger partial charge on any atom is 0.342 e. The fraction of sp³-hybridized carbons (Fsp3) is 0.333. The van der Waals surface area contributed by atoms with Crippen LogP contribution in [0.15, 0.2) is 85.1 Å².